The molecule has 6 nitrogen and oxygen atoms in total. The number of likely N-dealkylation sites (tertiary alicyclic amines) is 1. The number of carbonyl (C=O) groups excluding carboxylic acids is 1. The van der Waals surface area contributed by atoms with Gasteiger partial charge in [-0.25, -0.2) is 0 Å². The summed E-state index contributed by atoms with van der Waals surface area (Å²) in [4.78, 5) is 14.3. The van der Waals surface area contributed by atoms with E-state index in [1.807, 2.05) is 0 Å². The number of nitrogens with two attached hydrogens (primary N) is 1. The predicted octanol–water partition coefficient (Wildman–Crippen LogP) is 0.986. The van der Waals surface area contributed by atoms with Crippen LogP contribution >= 0.6 is 0 Å². The van der Waals surface area contributed by atoms with Crippen molar-refractivity contribution in [2.45, 2.75) is 38.6 Å². The fourth-order valence-corrected chi connectivity index (χ4v) is 2.54. The lowest BCUT2D eigenvalue weighted by atomic mass is 10.0. The summed E-state index contributed by atoms with van der Waals surface area (Å²) in [6.45, 7) is 5.17. The zero-order chi connectivity index (χ0) is 13.7. The van der Waals surface area contributed by atoms with Gasteiger partial charge >= 0.3 is 0 Å². The van der Waals surface area contributed by atoms with Crippen molar-refractivity contribution in [3.05, 3.63) is 11.9 Å². The Morgan fingerprint density at radius 1 is 1.63 bits per heavy atom. The Bertz CT molecular complexity index is 417. The fourth-order valence-electron chi connectivity index (χ4n) is 2.54. The minimum absolute atomic E-state index is 0.179. The highest BCUT2D eigenvalue weighted by atomic mass is 16.1. The van der Waals surface area contributed by atoms with Gasteiger partial charge in [0.05, 0.1) is 11.9 Å². The van der Waals surface area contributed by atoms with Gasteiger partial charge in [0.15, 0.2) is 0 Å². The standard InChI is InChI=1S/C13H23N5O/c1-10-5-2-3-7-18(10)8-4-6-15-13(19)12-11(14)9-16-17-12/h9-10H,2-8,14H2,1H3,(H,15,19)(H,16,17). The van der Waals surface area contributed by atoms with Crippen LogP contribution in [0.5, 0.6) is 0 Å². The molecule has 0 radical (unpaired) electrons. The highest BCUT2D eigenvalue weighted by Gasteiger charge is 2.17. The molecule has 0 saturated carbocycles. The molecular formula is C13H23N5O. The van der Waals surface area contributed by atoms with Crippen LogP contribution in [0.2, 0.25) is 0 Å². The van der Waals surface area contributed by atoms with Crippen LogP contribution in [-0.2, 0) is 0 Å². The van der Waals surface area contributed by atoms with Crippen molar-refractivity contribution < 1.29 is 4.79 Å². The van der Waals surface area contributed by atoms with E-state index in [1.54, 1.807) is 0 Å². The maximum Gasteiger partial charge on any atom is 0.271 e. The Labute approximate surface area is 113 Å². The van der Waals surface area contributed by atoms with Gasteiger partial charge < -0.3 is 16.0 Å². The maximum absolute atomic E-state index is 11.8. The minimum Gasteiger partial charge on any atom is -0.396 e. The van der Waals surface area contributed by atoms with Crippen molar-refractivity contribution in [2.75, 3.05) is 25.4 Å². The molecule has 1 saturated heterocycles. The number of nitrogen functional groups attached to an aromatic ring is 1. The lowest BCUT2D eigenvalue weighted by molar-refractivity contribution is 0.0945. The molecule has 1 aromatic rings. The number of rotatable bonds is 5. The number of piperidine rings is 1. The highest BCUT2D eigenvalue weighted by molar-refractivity contribution is 5.96. The number of amides is 1. The van der Waals surface area contributed by atoms with Crippen molar-refractivity contribution in [3.63, 3.8) is 0 Å². The molecule has 0 aliphatic carbocycles. The van der Waals surface area contributed by atoms with E-state index in [-0.39, 0.29) is 5.91 Å². The molecule has 6 heteroatoms. The number of carbonyl (C=O) groups is 1. The number of aromatic nitrogens is 2. The molecule has 0 aromatic carbocycles. The Morgan fingerprint density at radius 3 is 3.16 bits per heavy atom. The summed E-state index contributed by atoms with van der Waals surface area (Å²) >= 11 is 0. The second-order valence-corrected chi connectivity index (χ2v) is 5.19. The summed E-state index contributed by atoms with van der Waals surface area (Å²) in [5.74, 6) is -0.179. The van der Waals surface area contributed by atoms with Gasteiger partial charge in [0.1, 0.15) is 5.69 Å². The smallest absolute Gasteiger partial charge is 0.271 e. The number of H-pyrrole nitrogens is 1. The molecule has 4 N–H and O–H groups in total. The van der Waals surface area contributed by atoms with E-state index in [0.717, 1.165) is 13.0 Å². The summed E-state index contributed by atoms with van der Waals surface area (Å²) in [6, 6.07) is 0.674. The van der Waals surface area contributed by atoms with Crippen LogP contribution in [0.25, 0.3) is 0 Å². The number of hydrogen-bond acceptors (Lipinski definition) is 4. The van der Waals surface area contributed by atoms with Crippen molar-refractivity contribution >= 4 is 11.6 Å². The molecule has 19 heavy (non-hydrogen) atoms. The second-order valence-electron chi connectivity index (χ2n) is 5.19. The van der Waals surface area contributed by atoms with E-state index < -0.39 is 0 Å². The molecule has 1 aliphatic heterocycles. The number of aromatic amines is 1. The molecule has 1 aromatic heterocycles. The first-order valence-corrected chi connectivity index (χ1v) is 6.99. The van der Waals surface area contributed by atoms with Crippen LogP contribution < -0.4 is 11.1 Å². The first-order chi connectivity index (χ1) is 9.18. The number of anilines is 1. The monoisotopic (exact) mass is 265 g/mol. The third-order valence-corrected chi connectivity index (χ3v) is 3.74. The Balaban J connectivity index is 1.67. The van der Waals surface area contributed by atoms with Crippen molar-refractivity contribution in [1.82, 2.24) is 20.4 Å². The van der Waals surface area contributed by atoms with E-state index in [1.165, 1.54) is 32.0 Å². The van der Waals surface area contributed by atoms with Gasteiger partial charge in [-0.2, -0.15) is 5.10 Å². The van der Waals surface area contributed by atoms with E-state index in [4.69, 9.17) is 5.73 Å². The Morgan fingerprint density at radius 2 is 2.47 bits per heavy atom. The topological polar surface area (TPSA) is 87.0 Å². The van der Waals surface area contributed by atoms with Crippen molar-refractivity contribution in [1.29, 1.82) is 0 Å². The molecule has 1 unspecified atom stereocenters. The fraction of sp³-hybridized carbons (Fsp3) is 0.692. The van der Waals surface area contributed by atoms with Gasteiger partial charge in [-0.05, 0) is 32.7 Å². The van der Waals surface area contributed by atoms with Crippen molar-refractivity contribution in [2.24, 2.45) is 0 Å². The maximum atomic E-state index is 11.8. The van der Waals surface area contributed by atoms with Crippen LogP contribution in [0.1, 0.15) is 43.1 Å². The predicted molar refractivity (Wildman–Crippen MR) is 74.8 cm³/mol. The molecule has 0 spiro atoms. The summed E-state index contributed by atoms with van der Waals surface area (Å²) < 4.78 is 0. The third kappa shape index (κ3) is 3.70. The normalized spacial score (nSPS) is 20.4. The van der Waals surface area contributed by atoms with Crippen molar-refractivity contribution in [3.8, 4) is 0 Å². The average molecular weight is 265 g/mol. The second kappa shape index (κ2) is 6.56. The molecule has 106 valence electrons. The van der Waals surface area contributed by atoms with Crippen LogP contribution in [0.3, 0.4) is 0 Å². The molecule has 1 atom stereocenters. The molecule has 2 heterocycles. The molecule has 1 fully saturated rings. The largest absolute Gasteiger partial charge is 0.396 e. The zero-order valence-electron chi connectivity index (χ0n) is 11.5. The van der Waals surface area contributed by atoms with Gasteiger partial charge in [0.25, 0.3) is 5.91 Å². The summed E-state index contributed by atoms with van der Waals surface area (Å²) in [5, 5.41) is 9.20. The first-order valence-electron chi connectivity index (χ1n) is 6.99. The van der Waals surface area contributed by atoms with Gasteiger partial charge in [0.2, 0.25) is 0 Å². The SMILES string of the molecule is CC1CCCCN1CCCNC(=O)c1[nH]ncc1N. The first kappa shape index (κ1) is 13.9. The van der Waals surface area contributed by atoms with Gasteiger partial charge in [-0.1, -0.05) is 6.42 Å². The number of nitrogens with one attached hydrogen (secondary N) is 2. The number of nitrogens with zero attached hydrogens (tertiary/aromatic N) is 2. The Hall–Kier alpha value is -1.56. The summed E-state index contributed by atoms with van der Waals surface area (Å²) in [7, 11) is 0. The van der Waals surface area contributed by atoms with Crippen LogP contribution in [0, 0.1) is 0 Å². The van der Waals surface area contributed by atoms with Crippen LogP contribution in [0.4, 0.5) is 5.69 Å². The zero-order valence-corrected chi connectivity index (χ0v) is 11.5. The molecule has 0 bridgehead atoms. The van der Waals surface area contributed by atoms with E-state index in [9.17, 15) is 4.79 Å². The molecule has 1 amide bonds. The third-order valence-electron chi connectivity index (χ3n) is 3.74. The van der Waals surface area contributed by atoms with Gasteiger partial charge in [-0.15, -0.1) is 0 Å². The molecule has 1 aliphatic rings. The lowest BCUT2D eigenvalue weighted by Gasteiger charge is -2.33. The van der Waals surface area contributed by atoms with Crippen LogP contribution in [0.15, 0.2) is 6.20 Å². The van der Waals surface area contributed by atoms with E-state index in [0.29, 0.717) is 24.0 Å². The Kier molecular flexibility index (Phi) is 4.79. The average Bonchev–Trinajstić information content (AvgIpc) is 2.82. The van der Waals surface area contributed by atoms with Gasteiger partial charge in [-0.3, -0.25) is 9.89 Å². The molecular weight excluding hydrogens is 242 g/mol. The van der Waals surface area contributed by atoms with E-state index >= 15 is 0 Å². The summed E-state index contributed by atoms with van der Waals surface area (Å²) in [5.41, 5.74) is 6.36. The summed E-state index contributed by atoms with van der Waals surface area (Å²) in [6.07, 6.45) is 6.33. The highest BCUT2D eigenvalue weighted by Crippen LogP contribution is 2.16. The van der Waals surface area contributed by atoms with Crippen LogP contribution in [-0.4, -0.2) is 46.7 Å². The quantitative estimate of drug-likeness (QED) is 0.693. The molecule has 2 rings (SSSR count). The van der Waals surface area contributed by atoms with Gasteiger partial charge in [0, 0.05) is 19.1 Å². The lowest BCUT2D eigenvalue weighted by Crippen LogP contribution is -2.39. The van der Waals surface area contributed by atoms with E-state index in [2.05, 4.69) is 27.3 Å². The number of hydrogen-bond donors (Lipinski definition) is 3. The minimum atomic E-state index is -0.179.